The Balaban J connectivity index is 0.000000192. The van der Waals surface area contributed by atoms with E-state index in [-0.39, 0.29) is 78.3 Å². The largest absolute Gasteiger partial charge is 0.395 e. The molecule has 10 N–H and O–H groups in total. The molecular weight excluding hydrogens is 1380 g/mol. The number of nitrogens with zero attached hydrogens (tertiary/aromatic N) is 20. The summed E-state index contributed by atoms with van der Waals surface area (Å²) >= 11 is 28.8. The number of aromatic nitrogens is 20. The smallest absolute Gasteiger partial charge is 0.228 e. The lowest BCUT2D eigenvalue weighted by Crippen LogP contribution is -2.37. The predicted octanol–water partition coefficient (Wildman–Crippen LogP) is 0.825. The quantitative estimate of drug-likeness (QED) is 0.0435. The first-order chi connectivity index (χ1) is 42.4. The molecule has 10 aromatic heterocycles. The topological polar surface area (TPSA) is 506 Å². The maximum atomic E-state index is 11.3. The number of rotatable bonds is 18. The Labute approximate surface area is 544 Å². The first kappa shape index (κ1) is 72.8. The molecule has 0 atom stereocenters. The van der Waals surface area contributed by atoms with Gasteiger partial charge in [0.05, 0.1) is 70.2 Å². The number of ether oxygens (including phenoxy) is 1. The number of aliphatic hydroxyl groups excluding tert-OH is 1. The molecule has 37 nitrogen and oxygen atoms in total. The summed E-state index contributed by atoms with van der Waals surface area (Å²) in [6, 6.07) is 0. The van der Waals surface area contributed by atoms with E-state index in [1.165, 1.54) is 25.0 Å². The standard InChI is InChI=1S/C16H21N9O3S.C12H13ClN8O2S.C8H9Cl2N5O2S.C5H2Cl2N4.C3H9NO3S.CH4/c1-29(26,27)21-2-3-25-10-20-13-12(11-8-18-15(17)19-9-11)22-16(23-14(13)25)24-4-6-28-7-5-24;1-24(22,23)18-2-3-21-6-17-9-8(19-11(13)20-10(9)21)7-4-15-12(14)16-5-7;1-18(16,17)12-2-3-15-4-11-5-6(9)13-8(10)14-7(5)15;6-3-2-4(9-1-8-2)11-5(7)10-3;1-8(6,7)4-2-3-5;/h8-10,21H,2-7H2,1H3,(H2,17,18,19);4-6,18H,2-3H2,1H3,(H2,14,15,16);4,12H,2-3H2,1H3;1H,(H,8,9,10,11);4-5H,2-3H2,1H3;1H4. The Morgan fingerprint density at radius 3 is 1.36 bits per heavy atom. The van der Waals surface area contributed by atoms with Crippen LogP contribution in [-0.4, -0.2) is 221 Å². The number of sulfonamides is 4. The fourth-order valence-corrected chi connectivity index (χ4v) is 10.4. The van der Waals surface area contributed by atoms with Crippen LogP contribution in [0.3, 0.4) is 0 Å². The zero-order valence-corrected chi connectivity index (χ0v) is 54.4. The first-order valence-electron chi connectivity index (χ1n) is 25.5. The average molecular weight is 1440 g/mol. The molecule has 0 unspecified atom stereocenters. The third kappa shape index (κ3) is 22.3. The molecule has 46 heteroatoms. The van der Waals surface area contributed by atoms with Crippen LogP contribution in [0.15, 0.2) is 50.1 Å². The van der Waals surface area contributed by atoms with Crippen LogP contribution in [0, 0.1) is 0 Å². The van der Waals surface area contributed by atoms with Crippen molar-refractivity contribution in [2.45, 2.75) is 27.1 Å². The Bertz CT molecular complexity index is 4570. The number of aliphatic hydroxyl groups is 1. The Morgan fingerprint density at radius 2 is 0.912 bits per heavy atom. The molecule has 10 aromatic rings. The third-order valence-corrected chi connectivity index (χ3v) is 15.3. The minimum absolute atomic E-state index is 0. The van der Waals surface area contributed by atoms with Crippen molar-refractivity contribution in [1.29, 1.82) is 0 Å². The van der Waals surface area contributed by atoms with Crippen molar-refractivity contribution < 1.29 is 43.5 Å². The number of nitrogen functional groups attached to an aromatic ring is 2. The number of morpholine rings is 1. The highest BCUT2D eigenvalue weighted by atomic mass is 35.5. The number of nitrogens with one attached hydrogen (secondary N) is 5. The lowest BCUT2D eigenvalue weighted by molar-refractivity contribution is 0.122. The molecule has 11 rings (SSSR count). The number of fused-ring (bicyclic) bond motifs is 4. The van der Waals surface area contributed by atoms with Gasteiger partial charge >= 0.3 is 0 Å². The zero-order chi connectivity index (χ0) is 65.6. The Kier molecular flexibility index (Phi) is 25.9. The van der Waals surface area contributed by atoms with Crippen LogP contribution in [0.1, 0.15) is 7.43 Å². The Hall–Kier alpha value is -7.23. The summed E-state index contributed by atoms with van der Waals surface area (Å²) in [6.07, 6.45) is 16.7. The van der Waals surface area contributed by atoms with E-state index in [2.05, 4.69) is 93.6 Å². The van der Waals surface area contributed by atoms with E-state index in [1.807, 2.05) is 4.90 Å². The second kappa shape index (κ2) is 32.4. The van der Waals surface area contributed by atoms with E-state index in [4.69, 9.17) is 89.3 Å². The SMILES string of the molecule is C.CS(=O)(=O)NCCO.CS(=O)(=O)NCCn1cnc2c(-c3cnc(N)nc3)nc(Cl)nc21.CS(=O)(=O)NCCn1cnc2c(-c3cnc(N)nc3)nc(N3CCOCC3)nc21.CS(=O)(=O)NCCn1cnc2c(Cl)nc(Cl)nc21.Clc1nc(Cl)c2[nH]cnc2n1. The van der Waals surface area contributed by atoms with Crippen LogP contribution in [0.4, 0.5) is 17.8 Å². The van der Waals surface area contributed by atoms with Gasteiger partial charge in [-0.2, -0.15) is 19.9 Å². The van der Waals surface area contributed by atoms with Crippen molar-refractivity contribution in [3.8, 4) is 22.5 Å². The molecule has 1 saturated heterocycles. The van der Waals surface area contributed by atoms with Gasteiger partial charge in [0.25, 0.3) is 0 Å². The van der Waals surface area contributed by atoms with E-state index in [1.54, 1.807) is 38.7 Å². The van der Waals surface area contributed by atoms with Gasteiger partial charge in [0.1, 0.15) is 33.5 Å². The molecule has 0 spiro atoms. The molecule has 1 aliphatic heterocycles. The van der Waals surface area contributed by atoms with Crippen LogP contribution in [0.2, 0.25) is 26.2 Å². The van der Waals surface area contributed by atoms with Gasteiger partial charge in [-0.3, -0.25) is 0 Å². The van der Waals surface area contributed by atoms with Gasteiger partial charge in [-0.15, -0.1) is 0 Å². The molecule has 0 amide bonds. The minimum atomic E-state index is -3.28. The van der Waals surface area contributed by atoms with Crippen molar-refractivity contribution in [2.24, 2.45) is 0 Å². The third-order valence-electron chi connectivity index (χ3n) is 11.3. The van der Waals surface area contributed by atoms with Crippen molar-refractivity contribution in [3.63, 3.8) is 0 Å². The molecule has 0 saturated carbocycles. The molecule has 492 valence electrons. The van der Waals surface area contributed by atoms with E-state index < -0.39 is 40.1 Å². The number of halogens is 5. The number of imidazole rings is 4. The van der Waals surface area contributed by atoms with Gasteiger partial charge in [0.15, 0.2) is 32.9 Å². The average Bonchev–Trinajstić information content (AvgIpc) is 1.79. The van der Waals surface area contributed by atoms with E-state index in [0.717, 1.165) is 25.0 Å². The summed E-state index contributed by atoms with van der Waals surface area (Å²) in [6.45, 7) is 4.21. The van der Waals surface area contributed by atoms with Crippen molar-refractivity contribution in [1.82, 2.24) is 117 Å². The van der Waals surface area contributed by atoms with Crippen molar-refractivity contribution in [3.05, 3.63) is 76.3 Å². The molecule has 0 aliphatic carbocycles. The minimum Gasteiger partial charge on any atom is -0.395 e. The fraction of sp³-hybridized carbons (Fsp3) is 0.378. The van der Waals surface area contributed by atoms with Gasteiger partial charge in [-0.05, 0) is 34.8 Å². The van der Waals surface area contributed by atoms with Gasteiger partial charge in [-0.1, -0.05) is 30.6 Å². The number of hydrogen-bond acceptors (Lipinski definition) is 29. The van der Waals surface area contributed by atoms with Crippen molar-refractivity contribution in [2.75, 3.05) is 100 Å². The van der Waals surface area contributed by atoms with E-state index in [9.17, 15) is 33.7 Å². The molecular formula is C45H58Cl5N27O10S4. The second-order valence-electron chi connectivity index (χ2n) is 18.4. The molecule has 0 radical (unpaired) electrons. The van der Waals surface area contributed by atoms with Crippen LogP contribution in [0.5, 0.6) is 0 Å². The lowest BCUT2D eigenvalue weighted by Gasteiger charge is -2.27. The highest BCUT2D eigenvalue weighted by Gasteiger charge is 2.22. The van der Waals surface area contributed by atoms with E-state index in [0.29, 0.717) is 119 Å². The van der Waals surface area contributed by atoms with Gasteiger partial charge < -0.3 is 44.9 Å². The highest BCUT2D eigenvalue weighted by molar-refractivity contribution is 7.89. The summed E-state index contributed by atoms with van der Waals surface area (Å²) in [5.41, 5.74) is 17.6. The maximum Gasteiger partial charge on any atom is 0.228 e. The van der Waals surface area contributed by atoms with Crippen LogP contribution < -0.4 is 35.3 Å². The summed E-state index contributed by atoms with van der Waals surface area (Å²) in [5, 5.41) is 8.72. The maximum absolute atomic E-state index is 11.3. The molecule has 11 heterocycles. The normalized spacial score (nSPS) is 12.7. The first-order valence-corrected chi connectivity index (χ1v) is 34.9. The molecule has 91 heavy (non-hydrogen) atoms. The summed E-state index contributed by atoms with van der Waals surface area (Å²) in [7, 11) is -12.9. The molecule has 0 aromatic carbocycles. The second-order valence-corrected chi connectivity index (χ2v) is 27.4. The highest BCUT2D eigenvalue weighted by Crippen LogP contribution is 2.29. The van der Waals surface area contributed by atoms with Crippen LogP contribution in [-0.2, 0) is 64.5 Å². The number of aromatic amines is 1. The van der Waals surface area contributed by atoms with Gasteiger partial charge in [0, 0.05) is 94.8 Å². The summed E-state index contributed by atoms with van der Waals surface area (Å²) in [5.74, 6) is 0.864. The number of H-pyrrole nitrogens is 1. The van der Waals surface area contributed by atoms with Crippen LogP contribution in [0.25, 0.3) is 67.2 Å². The molecule has 1 aliphatic rings. The number of anilines is 3. The van der Waals surface area contributed by atoms with Crippen LogP contribution >= 0.6 is 58.0 Å². The Morgan fingerprint density at radius 1 is 0.516 bits per heavy atom. The van der Waals surface area contributed by atoms with Gasteiger partial charge in [0.2, 0.25) is 73.8 Å². The number of nitrogens with two attached hydrogens (primary N) is 2. The molecule has 0 bridgehead atoms. The fourth-order valence-electron chi connectivity index (χ4n) is 7.51. The monoisotopic (exact) mass is 1440 g/mol. The summed E-state index contributed by atoms with van der Waals surface area (Å²) in [4.78, 5) is 70.5. The van der Waals surface area contributed by atoms with Crippen molar-refractivity contribution >= 4 is 161 Å². The number of hydrogen-bond donors (Lipinski definition) is 8. The zero-order valence-electron chi connectivity index (χ0n) is 47.3. The van der Waals surface area contributed by atoms with Gasteiger partial charge in [-0.25, -0.2) is 112 Å². The predicted molar refractivity (Wildman–Crippen MR) is 342 cm³/mol. The lowest BCUT2D eigenvalue weighted by atomic mass is 10.2. The molecule has 1 fully saturated rings. The summed E-state index contributed by atoms with van der Waals surface area (Å²) < 4.78 is 107. The van der Waals surface area contributed by atoms with E-state index >= 15 is 0 Å².